The molecule has 26 heavy (non-hydrogen) atoms. The normalized spacial score (nSPS) is 14.0. The van der Waals surface area contributed by atoms with Gasteiger partial charge in [0.25, 0.3) is 0 Å². The van der Waals surface area contributed by atoms with Crippen LogP contribution in [-0.2, 0) is 17.8 Å². The van der Waals surface area contributed by atoms with Crippen molar-refractivity contribution in [1.82, 2.24) is 15.1 Å². The summed E-state index contributed by atoms with van der Waals surface area (Å²) in [5.41, 5.74) is 2.64. The Morgan fingerprint density at radius 1 is 1.27 bits per heavy atom. The Morgan fingerprint density at radius 3 is 2.77 bits per heavy atom. The van der Waals surface area contributed by atoms with Crippen LogP contribution in [0.4, 0.5) is 0 Å². The monoisotopic (exact) mass is 360 g/mol. The van der Waals surface area contributed by atoms with Crippen molar-refractivity contribution in [3.63, 3.8) is 0 Å². The van der Waals surface area contributed by atoms with Crippen LogP contribution in [0.3, 0.4) is 0 Å². The number of likely N-dealkylation sites (N-methyl/N-ethyl adjacent to an activating group) is 1. The maximum atomic E-state index is 11.9. The number of carbonyl (C=O) groups excluding carboxylic acids is 1. The lowest BCUT2D eigenvalue weighted by Crippen LogP contribution is -2.44. The molecule has 6 nitrogen and oxygen atoms in total. The molecule has 0 radical (unpaired) electrons. The molecule has 0 spiro atoms. The number of amides is 1. The minimum Gasteiger partial charge on any atom is -0.494 e. The SMILES string of the molecule is CCCNC(=NCC(=O)N(C)C)N1CCc2cc(OCCC)ccc2C1. The van der Waals surface area contributed by atoms with Crippen LogP contribution in [0.25, 0.3) is 0 Å². The van der Waals surface area contributed by atoms with Crippen LogP contribution in [0, 0.1) is 0 Å². The third-order valence-corrected chi connectivity index (χ3v) is 4.36. The minimum atomic E-state index is 0.0101. The van der Waals surface area contributed by atoms with Crippen LogP contribution in [0.2, 0.25) is 0 Å². The number of ether oxygens (including phenoxy) is 1. The van der Waals surface area contributed by atoms with Gasteiger partial charge in [-0.05, 0) is 42.5 Å². The number of rotatable bonds is 7. The second-order valence-electron chi connectivity index (χ2n) is 6.81. The molecule has 0 bridgehead atoms. The van der Waals surface area contributed by atoms with Crippen LogP contribution in [0.1, 0.15) is 37.8 Å². The summed E-state index contributed by atoms with van der Waals surface area (Å²) in [7, 11) is 3.51. The van der Waals surface area contributed by atoms with Crippen LogP contribution in [0.5, 0.6) is 5.75 Å². The summed E-state index contributed by atoms with van der Waals surface area (Å²) in [5.74, 6) is 1.78. The number of guanidine groups is 1. The fraction of sp³-hybridized carbons (Fsp3) is 0.600. The van der Waals surface area contributed by atoms with Gasteiger partial charge in [0.2, 0.25) is 5.91 Å². The van der Waals surface area contributed by atoms with Crippen molar-refractivity contribution in [3.8, 4) is 5.75 Å². The highest BCUT2D eigenvalue weighted by Crippen LogP contribution is 2.24. The molecule has 1 aromatic carbocycles. The van der Waals surface area contributed by atoms with Crippen molar-refractivity contribution in [2.45, 2.75) is 39.7 Å². The largest absolute Gasteiger partial charge is 0.494 e. The van der Waals surface area contributed by atoms with E-state index in [1.165, 1.54) is 11.1 Å². The topological polar surface area (TPSA) is 57.2 Å². The van der Waals surface area contributed by atoms with E-state index in [-0.39, 0.29) is 12.5 Å². The van der Waals surface area contributed by atoms with Crippen molar-refractivity contribution in [2.24, 2.45) is 4.99 Å². The van der Waals surface area contributed by atoms with E-state index in [4.69, 9.17) is 4.74 Å². The van der Waals surface area contributed by atoms with Gasteiger partial charge in [0.15, 0.2) is 5.96 Å². The van der Waals surface area contributed by atoms with Crippen LogP contribution >= 0.6 is 0 Å². The number of fused-ring (bicyclic) bond motifs is 1. The third kappa shape index (κ3) is 5.64. The van der Waals surface area contributed by atoms with Crippen LogP contribution in [-0.4, -0.2) is 62.0 Å². The number of benzene rings is 1. The Bertz CT molecular complexity index is 628. The molecule has 1 aliphatic heterocycles. The maximum absolute atomic E-state index is 11.9. The summed E-state index contributed by atoms with van der Waals surface area (Å²) in [5, 5.41) is 3.38. The molecule has 0 saturated carbocycles. The molecule has 6 heteroatoms. The van der Waals surface area contributed by atoms with E-state index in [1.807, 2.05) is 6.07 Å². The Balaban J connectivity index is 2.08. The quantitative estimate of drug-likeness (QED) is 0.599. The molecule has 1 amide bonds. The predicted molar refractivity (Wildman–Crippen MR) is 106 cm³/mol. The number of nitrogens with zero attached hydrogens (tertiary/aromatic N) is 3. The van der Waals surface area contributed by atoms with Gasteiger partial charge in [-0.3, -0.25) is 4.79 Å². The first kappa shape index (κ1) is 20.1. The Labute approximate surface area is 157 Å². The molecule has 1 N–H and O–H groups in total. The highest BCUT2D eigenvalue weighted by Gasteiger charge is 2.20. The van der Waals surface area contributed by atoms with E-state index in [0.29, 0.717) is 0 Å². The lowest BCUT2D eigenvalue weighted by atomic mass is 9.99. The van der Waals surface area contributed by atoms with Gasteiger partial charge in [-0.25, -0.2) is 4.99 Å². The van der Waals surface area contributed by atoms with E-state index in [0.717, 1.165) is 57.2 Å². The maximum Gasteiger partial charge on any atom is 0.243 e. The number of hydrogen-bond acceptors (Lipinski definition) is 3. The zero-order chi connectivity index (χ0) is 18.9. The number of carbonyl (C=O) groups is 1. The second-order valence-corrected chi connectivity index (χ2v) is 6.81. The van der Waals surface area contributed by atoms with Crippen molar-refractivity contribution in [1.29, 1.82) is 0 Å². The Kier molecular flexibility index (Phi) is 7.75. The molecule has 1 aliphatic rings. The van der Waals surface area contributed by atoms with Gasteiger partial charge < -0.3 is 19.9 Å². The first-order chi connectivity index (χ1) is 12.5. The highest BCUT2D eigenvalue weighted by atomic mass is 16.5. The fourth-order valence-electron chi connectivity index (χ4n) is 2.81. The lowest BCUT2D eigenvalue weighted by Gasteiger charge is -2.32. The van der Waals surface area contributed by atoms with Crippen molar-refractivity contribution >= 4 is 11.9 Å². The first-order valence-corrected chi connectivity index (χ1v) is 9.53. The zero-order valence-electron chi connectivity index (χ0n) is 16.5. The molecule has 0 aromatic heterocycles. The van der Waals surface area contributed by atoms with Crippen molar-refractivity contribution in [3.05, 3.63) is 29.3 Å². The summed E-state index contributed by atoms with van der Waals surface area (Å²) in [4.78, 5) is 20.2. The molecule has 0 saturated heterocycles. The van der Waals surface area contributed by atoms with Crippen molar-refractivity contribution in [2.75, 3.05) is 40.3 Å². The Morgan fingerprint density at radius 2 is 2.08 bits per heavy atom. The molecule has 1 aromatic rings. The van der Waals surface area contributed by atoms with Gasteiger partial charge in [-0.2, -0.15) is 0 Å². The van der Waals surface area contributed by atoms with Gasteiger partial charge in [-0.15, -0.1) is 0 Å². The van der Waals surface area contributed by atoms with Gasteiger partial charge in [0, 0.05) is 33.7 Å². The van der Waals surface area contributed by atoms with Gasteiger partial charge in [0.05, 0.1) is 6.61 Å². The third-order valence-electron chi connectivity index (χ3n) is 4.36. The fourth-order valence-corrected chi connectivity index (χ4v) is 2.81. The molecular weight excluding hydrogens is 328 g/mol. The Hall–Kier alpha value is -2.24. The number of hydrogen-bond donors (Lipinski definition) is 1. The van der Waals surface area contributed by atoms with Gasteiger partial charge in [0.1, 0.15) is 12.3 Å². The smallest absolute Gasteiger partial charge is 0.243 e. The molecule has 0 fully saturated rings. The second kappa shape index (κ2) is 10.0. The summed E-state index contributed by atoms with van der Waals surface area (Å²) >= 11 is 0. The standard InChI is InChI=1S/C20H32N4O2/c1-5-10-21-20(22-14-19(25)23(3)4)24-11-9-16-13-18(26-12-6-2)8-7-17(16)15-24/h7-8,13H,5-6,9-12,14-15H2,1-4H3,(H,21,22). The van der Waals surface area contributed by atoms with E-state index in [9.17, 15) is 4.79 Å². The lowest BCUT2D eigenvalue weighted by molar-refractivity contribution is -0.127. The highest BCUT2D eigenvalue weighted by molar-refractivity contribution is 5.85. The molecule has 144 valence electrons. The van der Waals surface area contributed by atoms with E-state index >= 15 is 0 Å². The molecule has 1 heterocycles. The molecule has 0 aliphatic carbocycles. The van der Waals surface area contributed by atoms with Crippen LogP contribution < -0.4 is 10.1 Å². The van der Waals surface area contributed by atoms with Crippen molar-refractivity contribution < 1.29 is 9.53 Å². The summed E-state index contributed by atoms with van der Waals surface area (Å²) in [6.07, 6.45) is 2.98. The number of nitrogens with one attached hydrogen (secondary N) is 1. The zero-order valence-corrected chi connectivity index (χ0v) is 16.5. The minimum absolute atomic E-state index is 0.0101. The summed E-state index contributed by atoms with van der Waals surface area (Å²) in [6.45, 7) is 7.70. The number of aliphatic imine (C=N–C) groups is 1. The summed E-state index contributed by atoms with van der Waals surface area (Å²) in [6, 6.07) is 6.35. The average Bonchev–Trinajstić information content (AvgIpc) is 2.65. The molecule has 0 atom stereocenters. The van der Waals surface area contributed by atoms with E-state index in [1.54, 1.807) is 19.0 Å². The molecule has 2 rings (SSSR count). The molecule has 0 unspecified atom stereocenters. The van der Waals surface area contributed by atoms with Gasteiger partial charge >= 0.3 is 0 Å². The summed E-state index contributed by atoms with van der Waals surface area (Å²) < 4.78 is 5.74. The van der Waals surface area contributed by atoms with E-state index < -0.39 is 0 Å². The molecular formula is C20H32N4O2. The van der Waals surface area contributed by atoms with Gasteiger partial charge in [-0.1, -0.05) is 19.9 Å². The first-order valence-electron chi connectivity index (χ1n) is 9.53. The predicted octanol–water partition coefficient (Wildman–Crippen LogP) is 2.28. The average molecular weight is 361 g/mol. The van der Waals surface area contributed by atoms with E-state index in [2.05, 4.69) is 41.2 Å². The van der Waals surface area contributed by atoms with Crippen LogP contribution in [0.15, 0.2) is 23.2 Å².